The lowest BCUT2D eigenvalue weighted by molar-refractivity contribution is -0.227. The van der Waals surface area contributed by atoms with E-state index in [1.165, 1.54) is 4.90 Å². The second kappa shape index (κ2) is 5.23. The zero-order chi connectivity index (χ0) is 15.8. The molecule has 1 amide bonds. The molecular formula is C12H19F3N2O3. The summed E-state index contributed by atoms with van der Waals surface area (Å²) in [5.74, 6) is -2.30. The maximum absolute atomic E-state index is 12.9. The standard InChI is InChI=1S/C12H19F3N2O3/c1-10(2,3)16-8(18)6-17-5-4-11(7-17,9(19)20)12(13,14)15/h4-7H2,1-3H3,(H,16,18)(H,19,20). The summed E-state index contributed by atoms with van der Waals surface area (Å²) >= 11 is 0. The van der Waals surface area contributed by atoms with E-state index in [9.17, 15) is 22.8 Å². The fourth-order valence-corrected chi connectivity index (χ4v) is 2.21. The molecular weight excluding hydrogens is 277 g/mol. The van der Waals surface area contributed by atoms with Crippen LogP contribution >= 0.6 is 0 Å². The van der Waals surface area contributed by atoms with Crippen LogP contribution in [-0.2, 0) is 9.59 Å². The summed E-state index contributed by atoms with van der Waals surface area (Å²) in [5.41, 5.74) is -3.25. The Labute approximate surface area is 115 Å². The van der Waals surface area contributed by atoms with Crippen molar-refractivity contribution in [1.82, 2.24) is 10.2 Å². The molecule has 0 spiro atoms. The van der Waals surface area contributed by atoms with Crippen molar-refractivity contribution in [2.75, 3.05) is 19.6 Å². The average Bonchev–Trinajstić information content (AvgIpc) is 2.58. The first kappa shape index (κ1) is 16.7. The van der Waals surface area contributed by atoms with E-state index in [2.05, 4.69) is 5.32 Å². The fraction of sp³-hybridized carbons (Fsp3) is 0.833. The maximum atomic E-state index is 12.9. The Morgan fingerprint density at radius 1 is 1.30 bits per heavy atom. The number of carbonyl (C=O) groups excluding carboxylic acids is 1. The van der Waals surface area contributed by atoms with Crippen molar-refractivity contribution in [2.24, 2.45) is 5.41 Å². The van der Waals surface area contributed by atoms with Crippen LogP contribution in [0, 0.1) is 5.41 Å². The second-order valence-corrected chi connectivity index (χ2v) is 6.14. The number of halogens is 3. The number of hydrogen-bond donors (Lipinski definition) is 2. The van der Waals surface area contributed by atoms with Crippen LogP contribution in [0.4, 0.5) is 13.2 Å². The molecule has 0 bridgehead atoms. The SMILES string of the molecule is CC(C)(C)NC(=O)CN1CCC(C(=O)O)(C(F)(F)F)C1. The van der Waals surface area contributed by atoms with Crippen LogP contribution in [0.15, 0.2) is 0 Å². The molecule has 1 unspecified atom stereocenters. The van der Waals surface area contributed by atoms with Crippen molar-refractivity contribution < 1.29 is 27.9 Å². The van der Waals surface area contributed by atoms with Crippen LogP contribution in [0.2, 0.25) is 0 Å². The van der Waals surface area contributed by atoms with E-state index in [1.807, 2.05) is 0 Å². The number of nitrogens with one attached hydrogen (secondary N) is 1. The van der Waals surface area contributed by atoms with Crippen molar-refractivity contribution in [3.63, 3.8) is 0 Å². The highest BCUT2D eigenvalue weighted by molar-refractivity contribution is 5.80. The minimum atomic E-state index is -4.83. The Morgan fingerprint density at radius 2 is 1.85 bits per heavy atom. The molecule has 1 heterocycles. The lowest BCUT2D eigenvalue weighted by Gasteiger charge is -2.27. The lowest BCUT2D eigenvalue weighted by atomic mass is 9.86. The van der Waals surface area contributed by atoms with Crippen molar-refractivity contribution in [2.45, 2.75) is 38.9 Å². The van der Waals surface area contributed by atoms with Crippen LogP contribution in [0.3, 0.4) is 0 Å². The second-order valence-electron chi connectivity index (χ2n) is 6.14. The Bertz CT molecular complexity index is 404. The molecule has 20 heavy (non-hydrogen) atoms. The Hall–Kier alpha value is -1.31. The van der Waals surface area contributed by atoms with Gasteiger partial charge in [0.25, 0.3) is 0 Å². The molecule has 1 aliphatic heterocycles. The molecule has 0 saturated carbocycles. The average molecular weight is 296 g/mol. The molecule has 5 nitrogen and oxygen atoms in total. The third kappa shape index (κ3) is 3.62. The van der Waals surface area contributed by atoms with Crippen LogP contribution in [-0.4, -0.2) is 53.2 Å². The van der Waals surface area contributed by atoms with E-state index < -0.39 is 42.0 Å². The number of amides is 1. The zero-order valence-corrected chi connectivity index (χ0v) is 11.7. The molecule has 1 atom stereocenters. The predicted octanol–water partition coefficient (Wildman–Crippen LogP) is 1.24. The largest absolute Gasteiger partial charge is 0.481 e. The number of likely N-dealkylation sites (tertiary alicyclic amines) is 1. The number of carbonyl (C=O) groups is 2. The summed E-state index contributed by atoms with van der Waals surface area (Å²) in [6.45, 7) is 4.28. The molecule has 1 fully saturated rings. The quantitative estimate of drug-likeness (QED) is 0.822. The van der Waals surface area contributed by atoms with Crippen molar-refractivity contribution in [3.05, 3.63) is 0 Å². The summed E-state index contributed by atoms with van der Waals surface area (Å²) in [7, 11) is 0. The van der Waals surface area contributed by atoms with Gasteiger partial charge in [-0.15, -0.1) is 0 Å². The minimum Gasteiger partial charge on any atom is -0.481 e. The maximum Gasteiger partial charge on any atom is 0.406 e. The van der Waals surface area contributed by atoms with Gasteiger partial charge in [-0.25, -0.2) is 0 Å². The number of rotatable bonds is 3. The monoisotopic (exact) mass is 296 g/mol. The fourth-order valence-electron chi connectivity index (χ4n) is 2.21. The summed E-state index contributed by atoms with van der Waals surface area (Å²) in [4.78, 5) is 23.9. The van der Waals surface area contributed by atoms with E-state index in [-0.39, 0.29) is 13.1 Å². The van der Waals surface area contributed by atoms with E-state index in [0.717, 1.165) is 0 Å². The predicted molar refractivity (Wildman–Crippen MR) is 65.1 cm³/mol. The molecule has 0 aromatic heterocycles. The number of carboxylic acids is 1. The van der Waals surface area contributed by atoms with Gasteiger partial charge in [0.05, 0.1) is 6.54 Å². The van der Waals surface area contributed by atoms with Crippen molar-refractivity contribution >= 4 is 11.9 Å². The molecule has 0 aliphatic carbocycles. The smallest absolute Gasteiger partial charge is 0.406 e. The van der Waals surface area contributed by atoms with Crippen LogP contribution in [0.5, 0.6) is 0 Å². The van der Waals surface area contributed by atoms with Gasteiger partial charge < -0.3 is 10.4 Å². The van der Waals surface area contributed by atoms with Crippen molar-refractivity contribution in [1.29, 1.82) is 0 Å². The minimum absolute atomic E-state index is 0.0661. The third-order valence-corrected chi connectivity index (χ3v) is 3.18. The molecule has 116 valence electrons. The molecule has 0 radical (unpaired) electrons. The first-order chi connectivity index (χ1) is 8.87. The number of alkyl halides is 3. The normalized spacial score (nSPS) is 24.7. The van der Waals surface area contributed by atoms with Gasteiger partial charge in [0, 0.05) is 18.6 Å². The summed E-state index contributed by atoms with van der Waals surface area (Å²) in [5, 5.41) is 11.5. The highest BCUT2D eigenvalue weighted by atomic mass is 19.4. The summed E-state index contributed by atoms with van der Waals surface area (Å²) in [6.07, 6.45) is -5.36. The van der Waals surface area contributed by atoms with E-state index in [0.29, 0.717) is 0 Å². The molecule has 0 aromatic rings. The molecule has 2 N–H and O–H groups in total. The van der Waals surface area contributed by atoms with Gasteiger partial charge in [0.1, 0.15) is 0 Å². The number of aliphatic carboxylic acids is 1. The summed E-state index contributed by atoms with van der Waals surface area (Å²) in [6, 6.07) is 0. The van der Waals surface area contributed by atoms with Gasteiger partial charge in [0.2, 0.25) is 5.91 Å². The Balaban J connectivity index is 2.71. The molecule has 1 aliphatic rings. The van der Waals surface area contributed by atoms with E-state index in [4.69, 9.17) is 5.11 Å². The first-order valence-electron chi connectivity index (χ1n) is 6.21. The van der Waals surface area contributed by atoms with E-state index >= 15 is 0 Å². The highest BCUT2D eigenvalue weighted by Crippen LogP contribution is 2.45. The number of carboxylic acid groups (broad SMARTS) is 1. The van der Waals surface area contributed by atoms with Crippen LogP contribution in [0.25, 0.3) is 0 Å². The van der Waals surface area contributed by atoms with Gasteiger partial charge in [0.15, 0.2) is 5.41 Å². The third-order valence-electron chi connectivity index (χ3n) is 3.18. The van der Waals surface area contributed by atoms with E-state index in [1.54, 1.807) is 20.8 Å². The first-order valence-corrected chi connectivity index (χ1v) is 6.21. The lowest BCUT2D eigenvalue weighted by Crippen LogP contribution is -2.49. The zero-order valence-electron chi connectivity index (χ0n) is 11.7. The van der Waals surface area contributed by atoms with Crippen LogP contribution in [0.1, 0.15) is 27.2 Å². The van der Waals surface area contributed by atoms with Gasteiger partial charge >= 0.3 is 12.1 Å². The molecule has 8 heteroatoms. The van der Waals surface area contributed by atoms with Gasteiger partial charge in [-0.2, -0.15) is 13.2 Å². The molecule has 0 aromatic carbocycles. The van der Waals surface area contributed by atoms with Gasteiger partial charge in [-0.3, -0.25) is 14.5 Å². The number of nitrogens with zero attached hydrogens (tertiary/aromatic N) is 1. The highest BCUT2D eigenvalue weighted by Gasteiger charge is 2.63. The van der Waals surface area contributed by atoms with Crippen molar-refractivity contribution in [3.8, 4) is 0 Å². The Morgan fingerprint density at radius 3 is 2.20 bits per heavy atom. The Kier molecular flexibility index (Phi) is 4.38. The molecule has 1 saturated heterocycles. The summed E-state index contributed by atoms with van der Waals surface area (Å²) < 4.78 is 38.8. The topological polar surface area (TPSA) is 69.6 Å². The van der Waals surface area contributed by atoms with Crippen LogP contribution < -0.4 is 5.32 Å². The van der Waals surface area contributed by atoms with Gasteiger partial charge in [-0.05, 0) is 27.2 Å². The number of hydrogen-bond acceptors (Lipinski definition) is 3. The van der Waals surface area contributed by atoms with Gasteiger partial charge in [-0.1, -0.05) is 0 Å². The molecule has 1 rings (SSSR count).